The molecule has 0 bridgehead atoms. The van der Waals surface area contributed by atoms with Gasteiger partial charge in [0.1, 0.15) is 0 Å². The summed E-state index contributed by atoms with van der Waals surface area (Å²) in [4.78, 5) is 0. The molecule has 1 rings (SSSR count). The molecule has 2 unspecified atom stereocenters. The first-order chi connectivity index (χ1) is 6.47. The number of nitrogens with one attached hydrogen (secondary N) is 2. The van der Waals surface area contributed by atoms with E-state index in [4.69, 9.17) is 0 Å². The lowest BCUT2D eigenvalue weighted by atomic mass is 10.2. The minimum Gasteiger partial charge on any atom is -0.312 e. The fraction of sp³-hybridized carbons (Fsp3) is 1.00. The van der Waals surface area contributed by atoms with Crippen LogP contribution in [0.15, 0.2) is 0 Å². The van der Waals surface area contributed by atoms with E-state index in [2.05, 4.69) is 17.0 Å². The maximum atomic E-state index is 10.7. The fourth-order valence-electron chi connectivity index (χ4n) is 1.47. The van der Waals surface area contributed by atoms with Crippen LogP contribution in [0.4, 0.5) is 0 Å². The lowest BCUT2D eigenvalue weighted by Crippen LogP contribution is -2.36. The Bertz CT molecular complexity index is 267. The zero-order chi connectivity index (χ0) is 10.6. The quantitative estimate of drug-likeness (QED) is 0.663. The van der Waals surface area contributed by atoms with E-state index in [9.17, 15) is 8.42 Å². The van der Waals surface area contributed by atoms with Crippen molar-refractivity contribution in [2.75, 3.05) is 25.1 Å². The largest absolute Gasteiger partial charge is 0.312 e. The van der Waals surface area contributed by atoms with E-state index in [-0.39, 0.29) is 0 Å². The monoisotopic (exact) mass is 238 g/mol. The Morgan fingerprint density at radius 1 is 1.43 bits per heavy atom. The average Bonchev–Trinajstić information content (AvgIpc) is 2.44. The van der Waals surface area contributed by atoms with Crippen molar-refractivity contribution in [3.05, 3.63) is 0 Å². The number of hydrogen-bond donors (Lipinski definition) is 2. The lowest BCUT2D eigenvalue weighted by Gasteiger charge is -2.11. The van der Waals surface area contributed by atoms with Gasteiger partial charge in [-0.15, -0.1) is 0 Å². The summed E-state index contributed by atoms with van der Waals surface area (Å²) in [6, 6.07) is 0.552. The van der Waals surface area contributed by atoms with Gasteiger partial charge in [-0.1, -0.05) is 6.92 Å². The lowest BCUT2D eigenvalue weighted by molar-refractivity contribution is 0.533. The molecule has 2 N–H and O–H groups in total. The molecule has 4 nitrogen and oxygen atoms in total. The second kappa shape index (κ2) is 5.34. The first-order valence-electron chi connectivity index (χ1n) is 4.77. The highest BCUT2D eigenvalue weighted by molar-refractivity contribution is 8.00. The Morgan fingerprint density at radius 2 is 2.14 bits per heavy atom. The normalized spacial score (nSPS) is 28.1. The van der Waals surface area contributed by atoms with E-state index >= 15 is 0 Å². The van der Waals surface area contributed by atoms with Crippen molar-refractivity contribution >= 4 is 21.8 Å². The predicted molar refractivity (Wildman–Crippen MR) is 61.2 cm³/mol. The molecular formula is C8H18N2O2S2. The average molecular weight is 238 g/mol. The summed E-state index contributed by atoms with van der Waals surface area (Å²) in [7, 11) is -3.03. The molecule has 0 radical (unpaired) electrons. The van der Waals surface area contributed by atoms with Crippen molar-refractivity contribution in [3.63, 3.8) is 0 Å². The van der Waals surface area contributed by atoms with Gasteiger partial charge in [0.15, 0.2) is 0 Å². The third-order valence-corrected chi connectivity index (χ3v) is 4.21. The van der Waals surface area contributed by atoms with Crippen LogP contribution >= 0.6 is 11.8 Å². The topological polar surface area (TPSA) is 58.2 Å². The van der Waals surface area contributed by atoms with Crippen LogP contribution in [-0.4, -0.2) is 44.8 Å². The van der Waals surface area contributed by atoms with Gasteiger partial charge in [-0.25, -0.2) is 13.1 Å². The molecule has 0 aliphatic carbocycles. The van der Waals surface area contributed by atoms with Crippen LogP contribution in [-0.2, 0) is 10.0 Å². The zero-order valence-electron chi connectivity index (χ0n) is 8.62. The molecule has 1 fully saturated rings. The maximum Gasteiger partial charge on any atom is 0.208 e. The third-order valence-electron chi connectivity index (χ3n) is 2.12. The third kappa shape index (κ3) is 5.19. The number of thioether (sulfide) groups is 1. The van der Waals surface area contributed by atoms with E-state index in [1.165, 1.54) is 12.7 Å². The van der Waals surface area contributed by atoms with Gasteiger partial charge in [-0.2, -0.15) is 11.8 Å². The van der Waals surface area contributed by atoms with Gasteiger partial charge in [-0.05, 0) is 6.42 Å². The van der Waals surface area contributed by atoms with E-state index in [1.54, 1.807) is 0 Å². The van der Waals surface area contributed by atoms with Crippen molar-refractivity contribution in [2.24, 2.45) is 0 Å². The molecule has 0 aromatic rings. The van der Waals surface area contributed by atoms with Crippen LogP contribution in [0.2, 0.25) is 0 Å². The summed E-state index contributed by atoms with van der Waals surface area (Å²) >= 11 is 1.97. The number of sulfonamides is 1. The van der Waals surface area contributed by atoms with Crippen LogP contribution in [0.3, 0.4) is 0 Å². The van der Waals surface area contributed by atoms with Crippen molar-refractivity contribution < 1.29 is 8.42 Å². The molecule has 84 valence electrons. The summed E-state index contributed by atoms with van der Waals surface area (Å²) in [6.45, 7) is 3.42. The molecular weight excluding hydrogens is 220 g/mol. The first-order valence-corrected chi connectivity index (χ1v) is 7.71. The van der Waals surface area contributed by atoms with Crippen LogP contribution in [0, 0.1) is 0 Å². The highest BCUT2D eigenvalue weighted by Gasteiger charge is 2.20. The highest BCUT2D eigenvalue weighted by atomic mass is 32.2. The zero-order valence-corrected chi connectivity index (χ0v) is 10.2. The molecule has 1 aliphatic rings. The Balaban J connectivity index is 2.05. The summed E-state index contributed by atoms with van der Waals surface area (Å²) in [5.41, 5.74) is 0. The van der Waals surface area contributed by atoms with Crippen LogP contribution in [0.1, 0.15) is 13.3 Å². The fourth-order valence-corrected chi connectivity index (χ4v) is 3.13. The highest BCUT2D eigenvalue weighted by Crippen LogP contribution is 2.25. The summed E-state index contributed by atoms with van der Waals surface area (Å²) in [6.07, 6.45) is 2.37. The van der Waals surface area contributed by atoms with Gasteiger partial charge in [0.25, 0.3) is 0 Å². The van der Waals surface area contributed by atoms with Crippen LogP contribution < -0.4 is 10.0 Å². The van der Waals surface area contributed by atoms with Crippen LogP contribution in [0.25, 0.3) is 0 Å². The van der Waals surface area contributed by atoms with Crippen LogP contribution in [0.5, 0.6) is 0 Å². The van der Waals surface area contributed by atoms with Gasteiger partial charge in [0.05, 0.1) is 6.26 Å². The van der Waals surface area contributed by atoms with E-state index in [1.807, 2.05) is 11.8 Å². The van der Waals surface area contributed by atoms with Gasteiger partial charge >= 0.3 is 0 Å². The molecule has 0 amide bonds. The van der Waals surface area contributed by atoms with Gasteiger partial charge in [0.2, 0.25) is 10.0 Å². The first kappa shape index (κ1) is 12.3. The summed E-state index contributed by atoms with van der Waals surface area (Å²) < 4.78 is 23.9. The van der Waals surface area contributed by atoms with E-state index < -0.39 is 10.0 Å². The van der Waals surface area contributed by atoms with E-state index in [0.717, 1.165) is 11.0 Å². The molecule has 1 heterocycles. The van der Waals surface area contributed by atoms with Crippen molar-refractivity contribution in [1.29, 1.82) is 0 Å². The molecule has 2 atom stereocenters. The predicted octanol–water partition coefficient (Wildman–Crippen LogP) is 0.0192. The molecule has 1 aliphatic heterocycles. The second-order valence-electron chi connectivity index (χ2n) is 3.70. The van der Waals surface area contributed by atoms with Gasteiger partial charge < -0.3 is 5.32 Å². The Labute approximate surface area is 90.3 Å². The molecule has 0 aromatic carbocycles. The SMILES string of the molecule is CC1CC(NCCNS(C)(=O)=O)CS1. The summed E-state index contributed by atoms with van der Waals surface area (Å²) in [5.74, 6) is 1.14. The number of rotatable bonds is 5. The minimum atomic E-state index is -3.03. The molecule has 0 aromatic heterocycles. The van der Waals surface area contributed by atoms with Crippen molar-refractivity contribution in [2.45, 2.75) is 24.6 Å². The smallest absolute Gasteiger partial charge is 0.208 e. The number of hydrogen-bond acceptors (Lipinski definition) is 4. The standard InChI is InChI=1S/C8H18N2O2S2/c1-7-5-8(6-13-7)9-3-4-10-14(2,11)12/h7-10H,3-6H2,1-2H3. The summed E-state index contributed by atoms with van der Waals surface area (Å²) in [5, 5.41) is 4.07. The second-order valence-corrected chi connectivity index (χ2v) is 7.00. The molecule has 1 saturated heterocycles. The Kier molecular flexibility index (Phi) is 4.69. The van der Waals surface area contributed by atoms with Crippen molar-refractivity contribution in [1.82, 2.24) is 10.0 Å². The molecule has 14 heavy (non-hydrogen) atoms. The molecule has 6 heteroatoms. The molecule has 0 saturated carbocycles. The van der Waals surface area contributed by atoms with Gasteiger partial charge in [-0.3, -0.25) is 0 Å². The van der Waals surface area contributed by atoms with Gasteiger partial charge in [0, 0.05) is 30.1 Å². The Morgan fingerprint density at radius 3 is 2.64 bits per heavy atom. The molecule has 0 spiro atoms. The maximum absolute atomic E-state index is 10.7. The minimum absolute atomic E-state index is 0.481. The van der Waals surface area contributed by atoms with E-state index in [0.29, 0.717) is 19.1 Å². The van der Waals surface area contributed by atoms with Crippen molar-refractivity contribution in [3.8, 4) is 0 Å². The Hall–Kier alpha value is 0.220.